The van der Waals surface area contributed by atoms with Gasteiger partial charge in [0.15, 0.2) is 0 Å². The fourth-order valence-corrected chi connectivity index (χ4v) is 9.81. The Kier molecular flexibility index (Phi) is 7.40. The highest BCUT2D eigenvalue weighted by Gasteiger charge is 2.21. The molecule has 0 bridgehead atoms. The van der Waals surface area contributed by atoms with Gasteiger partial charge in [0.05, 0.1) is 23.2 Å². The second-order valence-electron chi connectivity index (χ2n) is 14.6. The minimum atomic E-state index is -0.505. The van der Waals surface area contributed by atoms with Crippen molar-refractivity contribution in [1.82, 2.24) is 4.98 Å². The van der Waals surface area contributed by atoms with Crippen molar-refractivity contribution < 1.29 is 4.42 Å². The summed E-state index contributed by atoms with van der Waals surface area (Å²) >= 11 is 1.79. The molecule has 0 fully saturated rings. The van der Waals surface area contributed by atoms with Gasteiger partial charge in [0.1, 0.15) is 11.2 Å². The molecule has 1 unspecified atom stereocenters. The zero-order valence-corrected chi connectivity index (χ0v) is 31.8. The number of aromatic nitrogens is 1. The van der Waals surface area contributed by atoms with Crippen LogP contribution < -0.4 is 0 Å². The van der Waals surface area contributed by atoms with Crippen molar-refractivity contribution in [3.05, 3.63) is 204 Å². The molecule has 8 aromatic carbocycles. The van der Waals surface area contributed by atoms with Gasteiger partial charge in [-0.1, -0.05) is 164 Å². The molecule has 4 heterocycles. The molecule has 11 aromatic rings. The third-order valence-electron chi connectivity index (χ3n) is 11.3. The molecule has 1 aliphatic heterocycles. The smallest absolute Gasteiger partial charge is 0.136 e. The van der Waals surface area contributed by atoms with E-state index >= 15 is 0 Å². The molecular weight excluding hydrogens is 729 g/mol. The zero-order chi connectivity index (χ0) is 38.2. The van der Waals surface area contributed by atoms with Crippen LogP contribution in [0.2, 0.25) is 0 Å². The van der Waals surface area contributed by atoms with E-state index in [-0.39, 0.29) is 0 Å². The van der Waals surface area contributed by atoms with Crippen LogP contribution in [-0.4, -0.2) is 16.7 Å². The van der Waals surface area contributed by atoms with Gasteiger partial charge in [0.2, 0.25) is 0 Å². The first-order valence-corrected chi connectivity index (χ1v) is 20.2. The maximum absolute atomic E-state index is 6.33. The molecule has 0 saturated carbocycles. The van der Waals surface area contributed by atoms with Gasteiger partial charge < -0.3 is 14.7 Å². The van der Waals surface area contributed by atoms with Crippen molar-refractivity contribution >= 4 is 86.8 Å². The molecule has 3 aromatic heterocycles. The summed E-state index contributed by atoms with van der Waals surface area (Å²) in [5.74, 6) is 1.29. The Hall–Kier alpha value is -7.41. The topological polar surface area (TPSA) is 64.8 Å². The first-order valence-electron chi connectivity index (χ1n) is 19.4. The Labute approximate surface area is 337 Å². The van der Waals surface area contributed by atoms with E-state index in [1.807, 2.05) is 36.4 Å². The zero-order valence-electron chi connectivity index (χ0n) is 31.0. The summed E-state index contributed by atoms with van der Waals surface area (Å²) in [6.07, 6.45) is -0.505. The summed E-state index contributed by atoms with van der Waals surface area (Å²) in [6.45, 7) is 0. The fraction of sp³-hybridized carbons (Fsp3) is 0.0192. The molecule has 58 heavy (non-hydrogen) atoms. The lowest BCUT2D eigenvalue weighted by molar-refractivity contribution is 0.669. The highest BCUT2D eigenvalue weighted by atomic mass is 32.1. The molecule has 0 amide bonds. The monoisotopic (exact) mass is 759 g/mol. The molecule has 0 aliphatic carbocycles. The van der Waals surface area contributed by atoms with E-state index in [0.29, 0.717) is 11.7 Å². The first-order chi connectivity index (χ1) is 28.7. The van der Waals surface area contributed by atoms with Crippen LogP contribution in [0.1, 0.15) is 22.9 Å². The lowest BCUT2D eigenvalue weighted by atomic mass is 9.96. The highest BCUT2D eigenvalue weighted by Crippen LogP contribution is 2.45. The number of thiophene rings is 1. The van der Waals surface area contributed by atoms with Gasteiger partial charge in [0.25, 0.3) is 0 Å². The van der Waals surface area contributed by atoms with E-state index in [4.69, 9.17) is 24.7 Å². The van der Waals surface area contributed by atoms with Crippen LogP contribution in [0.4, 0.5) is 0 Å². The summed E-state index contributed by atoms with van der Waals surface area (Å²) in [5.41, 5.74) is 9.92. The van der Waals surface area contributed by atoms with Gasteiger partial charge in [-0.2, -0.15) is 0 Å². The molecule has 6 heteroatoms. The summed E-state index contributed by atoms with van der Waals surface area (Å²) in [7, 11) is 0. The van der Waals surface area contributed by atoms with E-state index in [2.05, 4.69) is 146 Å². The van der Waals surface area contributed by atoms with Crippen LogP contribution in [0.5, 0.6) is 0 Å². The first kappa shape index (κ1) is 32.8. The van der Waals surface area contributed by atoms with Crippen LogP contribution in [-0.2, 0) is 0 Å². The van der Waals surface area contributed by atoms with Crippen LogP contribution >= 0.6 is 11.3 Å². The quantitative estimate of drug-likeness (QED) is 0.164. The van der Waals surface area contributed by atoms with Crippen LogP contribution in [0, 0.1) is 0 Å². The Balaban J connectivity index is 1.09. The second kappa shape index (κ2) is 13.1. The Morgan fingerprint density at radius 1 is 0.483 bits per heavy atom. The van der Waals surface area contributed by atoms with Crippen molar-refractivity contribution in [2.75, 3.05) is 0 Å². The number of nitrogens with zero attached hydrogens (tertiary/aromatic N) is 4. The fourth-order valence-electron chi connectivity index (χ4n) is 8.59. The second-order valence-corrected chi connectivity index (χ2v) is 15.7. The van der Waals surface area contributed by atoms with Gasteiger partial charge in [0, 0.05) is 58.2 Å². The standard InChI is InChI=1S/C52H31N4OS/c1-3-13-31(14-4-1)32-25-27-34(28-26-32)50-54-51(39-20-12-24-43-45(39)36-18-8-10-23-42(36)57-43)56-52(55-50)40-21-11-19-38-47-44(58-49(38)40)30-29-37-46(47)35-17-7-9-22-41(35)53-48(37)33-15-5-2-6-16-33/h1-30,50H/q-1. The minimum Gasteiger partial charge on any atom is -0.456 e. The van der Waals surface area contributed by atoms with E-state index in [0.717, 1.165) is 76.4 Å². The number of para-hydroxylation sites is 2. The number of pyridine rings is 1. The third-order valence-corrected chi connectivity index (χ3v) is 12.5. The number of fused-ring (bicyclic) bond motifs is 10. The van der Waals surface area contributed by atoms with Crippen molar-refractivity contribution in [2.45, 2.75) is 6.17 Å². The van der Waals surface area contributed by atoms with E-state index in [9.17, 15) is 0 Å². The number of hydrogen-bond donors (Lipinski definition) is 0. The molecule has 0 radical (unpaired) electrons. The molecule has 5 nitrogen and oxygen atoms in total. The minimum absolute atomic E-state index is 0.505. The van der Waals surface area contributed by atoms with Crippen molar-refractivity contribution in [1.29, 1.82) is 0 Å². The van der Waals surface area contributed by atoms with Crippen LogP contribution in [0.3, 0.4) is 0 Å². The average molecular weight is 760 g/mol. The van der Waals surface area contributed by atoms with Gasteiger partial charge in [-0.05, 0) is 46.5 Å². The Bertz CT molecular complexity index is 3470. The summed E-state index contributed by atoms with van der Waals surface area (Å²) in [4.78, 5) is 15.9. The van der Waals surface area contributed by atoms with E-state index in [1.165, 1.54) is 26.4 Å². The predicted octanol–water partition coefficient (Wildman–Crippen LogP) is 14.3. The van der Waals surface area contributed by atoms with Crippen molar-refractivity contribution in [2.24, 2.45) is 9.98 Å². The summed E-state index contributed by atoms with van der Waals surface area (Å²) in [5, 5.41) is 13.2. The summed E-state index contributed by atoms with van der Waals surface area (Å²) in [6, 6.07) is 63.4. The number of rotatable bonds is 5. The molecular formula is C52H31N4OS-. The highest BCUT2D eigenvalue weighted by molar-refractivity contribution is 7.26. The van der Waals surface area contributed by atoms with E-state index < -0.39 is 6.17 Å². The number of hydrogen-bond acceptors (Lipinski definition) is 5. The van der Waals surface area contributed by atoms with Gasteiger partial charge in [-0.15, -0.1) is 11.3 Å². The molecule has 0 N–H and O–H groups in total. The number of amidine groups is 2. The molecule has 1 atom stereocenters. The Morgan fingerprint density at radius 2 is 1.16 bits per heavy atom. The maximum atomic E-state index is 6.33. The Morgan fingerprint density at radius 3 is 2.00 bits per heavy atom. The number of aliphatic imine (C=N–C) groups is 2. The normalized spacial score (nSPS) is 14.4. The molecule has 12 rings (SSSR count). The van der Waals surface area contributed by atoms with E-state index in [1.54, 1.807) is 11.3 Å². The lowest BCUT2D eigenvalue weighted by Gasteiger charge is -2.33. The van der Waals surface area contributed by atoms with Gasteiger partial charge in [-0.25, -0.2) is 4.98 Å². The average Bonchev–Trinajstić information content (AvgIpc) is 3.88. The third kappa shape index (κ3) is 5.19. The molecule has 272 valence electrons. The SMILES string of the molecule is c1ccc(-c2ccc(C3N=C(c4cccc5c4sc4ccc6c(-c7ccccc7)nc7ccccc7c6c45)N=C(c4cccc5oc6ccccc6c45)[N-]3)cc2)cc1. The van der Waals surface area contributed by atoms with Crippen LogP contribution in [0.25, 0.3) is 91.5 Å². The van der Waals surface area contributed by atoms with Crippen molar-refractivity contribution in [3.63, 3.8) is 0 Å². The maximum Gasteiger partial charge on any atom is 0.136 e. The molecule has 0 spiro atoms. The van der Waals surface area contributed by atoms with Gasteiger partial charge >= 0.3 is 0 Å². The number of furan rings is 1. The number of benzene rings is 8. The van der Waals surface area contributed by atoms with Gasteiger partial charge in [-0.3, -0.25) is 4.99 Å². The van der Waals surface area contributed by atoms with Crippen LogP contribution in [0.15, 0.2) is 196 Å². The predicted molar refractivity (Wildman–Crippen MR) is 242 cm³/mol. The lowest BCUT2D eigenvalue weighted by Crippen LogP contribution is -2.16. The largest absolute Gasteiger partial charge is 0.456 e. The van der Waals surface area contributed by atoms with Crippen molar-refractivity contribution in [3.8, 4) is 22.4 Å². The molecule has 0 saturated heterocycles. The summed E-state index contributed by atoms with van der Waals surface area (Å²) < 4.78 is 8.67. The molecule has 1 aliphatic rings.